The zero-order valence-electron chi connectivity index (χ0n) is 5.14. The fourth-order valence-corrected chi connectivity index (χ4v) is 0.934. The van der Waals surface area contributed by atoms with E-state index in [4.69, 9.17) is 0 Å². The third-order valence-corrected chi connectivity index (χ3v) is 1.51. The molecule has 11 heavy (non-hydrogen) atoms. The second-order valence-electron chi connectivity index (χ2n) is 1.74. The number of carbonyl (C=O) groups excluding carboxylic acids is 1. The monoisotopic (exact) mass is 269 g/mol. The summed E-state index contributed by atoms with van der Waals surface area (Å²) in [5.41, 5.74) is -0.467. The third-order valence-electron chi connectivity index (χ3n) is 0.998. The lowest BCUT2D eigenvalue weighted by atomic mass is 10.3. The van der Waals surface area contributed by atoms with E-state index in [1.165, 1.54) is 22.6 Å². The van der Waals surface area contributed by atoms with Gasteiger partial charge in [-0.25, -0.2) is 9.37 Å². The molecule has 0 unspecified atom stereocenters. The Balaban J connectivity index is 3.23. The summed E-state index contributed by atoms with van der Waals surface area (Å²) in [6.45, 7) is 0. The summed E-state index contributed by atoms with van der Waals surface area (Å²) < 4.78 is 24.2. The van der Waals surface area contributed by atoms with E-state index < -0.39 is 21.2 Å². The van der Waals surface area contributed by atoms with Crippen molar-refractivity contribution in [1.29, 1.82) is 0 Å². The Morgan fingerprint density at radius 3 is 2.55 bits per heavy atom. The van der Waals surface area contributed by atoms with Gasteiger partial charge < -0.3 is 0 Å². The van der Waals surface area contributed by atoms with Crippen LogP contribution >= 0.6 is 22.6 Å². The van der Waals surface area contributed by atoms with Crippen molar-refractivity contribution in [2.45, 2.75) is 0 Å². The van der Waals surface area contributed by atoms with Crippen LogP contribution in [0.4, 0.5) is 8.78 Å². The number of halogens is 3. The van der Waals surface area contributed by atoms with Gasteiger partial charge in [-0.15, -0.1) is 0 Å². The lowest BCUT2D eigenvalue weighted by Crippen LogP contribution is -1.99. The lowest BCUT2D eigenvalue weighted by molar-refractivity contribution is 0.109. The molecule has 58 valence electrons. The summed E-state index contributed by atoms with van der Waals surface area (Å²) in [4.78, 5) is 13.6. The molecule has 0 spiro atoms. The molecule has 0 aliphatic heterocycles. The Labute approximate surface area is 74.8 Å². The van der Waals surface area contributed by atoms with E-state index in [-0.39, 0.29) is 0 Å². The van der Waals surface area contributed by atoms with Gasteiger partial charge in [0.05, 0.1) is 0 Å². The first-order chi connectivity index (χ1) is 5.11. The number of hydrogen-bond donors (Lipinski definition) is 0. The average molecular weight is 269 g/mol. The minimum absolute atomic E-state index is 0.467. The van der Waals surface area contributed by atoms with Crippen LogP contribution in [0.1, 0.15) is 10.5 Å². The van der Waals surface area contributed by atoms with Crippen molar-refractivity contribution in [3.63, 3.8) is 0 Å². The van der Waals surface area contributed by atoms with Crippen LogP contribution in [0.5, 0.6) is 0 Å². The molecule has 1 rings (SSSR count). The van der Waals surface area contributed by atoms with Crippen molar-refractivity contribution >= 4 is 26.4 Å². The largest absolute Gasteiger partial charge is 0.280 e. The maximum absolute atomic E-state index is 12.6. The van der Waals surface area contributed by atoms with E-state index in [1.54, 1.807) is 0 Å². The fourth-order valence-electron chi connectivity index (χ4n) is 0.556. The molecule has 0 saturated carbocycles. The fraction of sp³-hybridized carbons (Fsp3) is 0. The first-order valence-electron chi connectivity index (χ1n) is 2.63. The predicted octanol–water partition coefficient (Wildman–Crippen LogP) is 1.94. The van der Waals surface area contributed by atoms with Gasteiger partial charge in [-0.05, 0) is 12.1 Å². The smallest absolute Gasteiger partial charge is 0.243 e. The highest BCUT2D eigenvalue weighted by Gasteiger charge is 2.10. The summed E-state index contributed by atoms with van der Waals surface area (Å²) in [5, 5.41) is 0. The van der Waals surface area contributed by atoms with Gasteiger partial charge in [0.15, 0.2) is 11.5 Å². The van der Waals surface area contributed by atoms with Crippen molar-refractivity contribution < 1.29 is 13.6 Å². The van der Waals surface area contributed by atoms with Gasteiger partial charge in [-0.3, -0.25) is 4.79 Å². The first kappa shape index (κ1) is 8.51. The van der Waals surface area contributed by atoms with Crippen molar-refractivity contribution in [3.05, 3.63) is 29.6 Å². The van der Waals surface area contributed by atoms with Gasteiger partial charge in [-0.2, -0.15) is 4.39 Å². The van der Waals surface area contributed by atoms with E-state index in [1.807, 2.05) is 0 Å². The maximum Gasteiger partial charge on any atom is 0.243 e. The van der Waals surface area contributed by atoms with Crippen LogP contribution in [0.2, 0.25) is 0 Å². The minimum Gasteiger partial charge on any atom is -0.280 e. The molecule has 0 N–H and O–H groups in total. The van der Waals surface area contributed by atoms with E-state index in [0.717, 1.165) is 12.1 Å². The summed E-state index contributed by atoms with van der Waals surface area (Å²) in [7, 11) is 0. The molecule has 0 fully saturated rings. The normalized spacial score (nSPS) is 9.73. The molecule has 2 nitrogen and oxygen atoms in total. The van der Waals surface area contributed by atoms with E-state index >= 15 is 0 Å². The van der Waals surface area contributed by atoms with E-state index in [2.05, 4.69) is 4.98 Å². The maximum atomic E-state index is 12.6. The SMILES string of the molecule is O=C(I)c1nc(F)ccc1F. The molecule has 1 aromatic rings. The summed E-state index contributed by atoms with van der Waals surface area (Å²) in [6, 6.07) is 1.73. The van der Waals surface area contributed by atoms with Crippen LogP contribution in [0.25, 0.3) is 0 Å². The summed E-state index contributed by atoms with van der Waals surface area (Å²) in [5.74, 6) is -1.66. The molecule has 5 heteroatoms. The van der Waals surface area contributed by atoms with Crippen LogP contribution in [-0.2, 0) is 0 Å². The highest BCUT2D eigenvalue weighted by Crippen LogP contribution is 2.08. The molecule has 0 atom stereocenters. The molecular weight excluding hydrogens is 267 g/mol. The Morgan fingerprint density at radius 1 is 1.45 bits per heavy atom. The van der Waals surface area contributed by atoms with Crippen LogP contribution in [0, 0.1) is 11.8 Å². The number of nitrogens with zero attached hydrogens (tertiary/aromatic N) is 1. The second-order valence-corrected chi connectivity index (χ2v) is 2.72. The van der Waals surface area contributed by atoms with Gasteiger partial charge in [0.2, 0.25) is 9.74 Å². The van der Waals surface area contributed by atoms with Gasteiger partial charge in [0.1, 0.15) is 0 Å². The number of carbonyl (C=O) groups is 1. The quantitative estimate of drug-likeness (QED) is 0.443. The highest BCUT2D eigenvalue weighted by atomic mass is 127. The van der Waals surface area contributed by atoms with Gasteiger partial charge in [0, 0.05) is 22.6 Å². The lowest BCUT2D eigenvalue weighted by Gasteiger charge is -1.94. The van der Waals surface area contributed by atoms with Crippen molar-refractivity contribution in [1.82, 2.24) is 4.98 Å². The molecule has 0 bridgehead atoms. The van der Waals surface area contributed by atoms with E-state index in [0.29, 0.717) is 0 Å². The number of rotatable bonds is 1. The zero-order valence-corrected chi connectivity index (χ0v) is 7.30. The summed E-state index contributed by atoms with van der Waals surface area (Å²) in [6.07, 6.45) is 0. The molecule has 0 aromatic carbocycles. The molecule has 0 aliphatic rings. The third kappa shape index (κ3) is 1.92. The van der Waals surface area contributed by atoms with Crippen LogP contribution < -0.4 is 0 Å². The Kier molecular flexibility index (Phi) is 2.48. The molecule has 0 aliphatic carbocycles. The minimum atomic E-state index is -0.855. The molecule has 1 aromatic heterocycles. The number of aromatic nitrogens is 1. The van der Waals surface area contributed by atoms with Gasteiger partial charge in [-0.1, -0.05) is 0 Å². The predicted molar refractivity (Wildman–Crippen MR) is 42.5 cm³/mol. The highest BCUT2D eigenvalue weighted by molar-refractivity contribution is 14.1. The Morgan fingerprint density at radius 2 is 2.09 bits per heavy atom. The van der Waals surface area contributed by atoms with E-state index in [9.17, 15) is 13.6 Å². The van der Waals surface area contributed by atoms with Crippen molar-refractivity contribution in [3.8, 4) is 0 Å². The second kappa shape index (κ2) is 3.21. The molecular formula is C6H2F2INO. The topological polar surface area (TPSA) is 30.0 Å². The van der Waals surface area contributed by atoms with Crippen LogP contribution in [0.3, 0.4) is 0 Å². The average Bonchev–Trinajstić information content (AvgIpc) is 1.94. The van der Waals surface area contributed by atoms with Crippen LogP contribution in [-0.4, -0.2) is 8.77 Å². The van der Waals surface area contributed by atoms with Gasteiger partial charge in [0.25, 0.3) is 0 Å². The molecule has 1 heterocycles. The Bertz CT molecular complexity index is 303. The zero-order chi connectivity index (χ0) is 8.43. The molecule has 0 amide bonds. The van der Waals surface area contributed by atoms with Gasteiger partial charge >= 0.3 is 0 Å². The van der Waals surface area contributed by atoms with Crippen LogP contribution in [0.15, 0.2) is 12.1 Å². The van der Waals surface area contributed by atoms with Crippen molar-refractivity contribution in [2.75, 3.05) is 0 Å². The Hall–Kier alpha value is -0.590. The molecule has 0 radical (unpaired) electrons. The number of pyridine rings is 1. The number of hydrogen-bond acceptors (Lipinski definition) is 2. The standard InChI is InChI=1S/C6H2F2INO/c7-3-1-2-4(8)10-5(3)6(9)11/h1-2H. The van der Waals surface area contributed by atoms with Crippen molar-refractivity contribution in [2.24, 2.45) is 0 Å². The summed E-state index contributed by atoms with van der Waals surface area (Å²) >= 11 is 1.34. The first-order valence-corrected chi connectivity index (χ1v) is 3.71. The molecule has 0 saturated heterocycles.